The minimum atomic E-state index is -0.0269. The van der Waals surface area contributed by atoms with Gasteiger partial charge in [0, 0.05) is 10.7 Å². The SMILES string of the molecule is CC(C)[C@@H](CO)Nc1ncc(Br)cc1N. The standard InChI is InChI=1S/C10H16BrN3O/c1-6(2)9(5-15)14-10-8(12)3-7(11)4-13-10/h3-4,6,9,15H,5,12H2,1-2H3,(H,13,14)/t9-/m1/s1. The third-order valence-corrected chi connectivity index (χ3v) is 2.64. The number of nitrogens with one attached hydrogen (secondary N) is 1. The Labute approximate surface area is 98.0 Å². The summed E-state index contributed by atoms with van der Waals surface area (Å²) in [4.78, 5) is 4.15. The average molecular weight is 274 g/mol. The van der Waals surface area contributed by atoms with E-state index in [1.165, 1.54) is 0 Å². The smallest absolute Gasteiger partial charge is 0.149 e. The van der Waals surface area contributed by atoms with Gasteiger partial charge in [-0.15, -0.1) is 0 Å². The Morgan fingerprint density at radius 1 is 1.60 bits per heavy atom. The van der Waals surface area contributed by atoms with Crippen molar-refractivity contribution in [3.8, 4) is 0 Å². The van der Waals surface area contributed by atoms with Gasteiger partial charge in [0.05, 0.1) is 18.3 Å². The maximum Gasteiger partial charge on any atom is 0.149 e. The molecule has 0 unspecified atom stereocenters. The second-order valence-electron chi connectivity index (χ2n) is 3.77. The van der Waals surface area contributed by atoms with Crippen molar-refractivity contribution in [3.05, 3.63) is 16.7 Å². The van der Waals surface area contributed by atoms with Crippen molar-refractivity contribution in [1.82, 2.24) is 4.98 Å². The molecular weight excluding hydrogens is 258 g/mol. The van der Waals surface area contributed by atoms with E-state index in [2.05, 4.69) is 26.2 Å². The summed E-state index contributed by atoms with van der Waals surface area (Å²) in [6, 6.07) is 1.75. The van der Waals surface area contributed by atoms with Gasteiger partial charge in [-0.25, -0.2) is 4.98 Å². The summed E-state index contributed by atoms with van der Waals surface area (Å²) < 4.78 is 0.843. The lowest BCUT2D eigenvalue weighted by molar-refractivity contribution is 0.249. The fourth-order valence-electron chi connectivity index (χ4n) is 1.17. The molecule has 84 valence electrons. The molecule has 0 saturated heterocycles. The summed E-state index contributed by atoms with van der Waals surface area (Å²) >= 11 is 3.29. The minimum absolute atomic E-state index is 0.0269. The van der Waals surface area contributed by atoms with Crippen LogP contribution in [0, 0.1) is 5.92 Å². The van der Waals surface area contributed by atoms with Crippen molar-refractivity contribution in [1.29, 1.82) is 0 Å². The monoisotopic (exact) mass is 273 g/mol. The van der Waals surface area contributed by atoms with Crippen LogP contribution >= 0.6 is 15.9 Å². The second-order valence-corrected chi connectivity index (χ2v) is 4.68. The zero-order chi connectivity index (χ0) is 11.4. The first-order chi connectivity index (χ1) is 7.04. The third kappa shape index (κ3) is 3.35. The largest absolute Gasteiger partial charge is 0.396 e. The molecular formula is C10H16BrN3O. The van der Waals surface area contributed by atoms with Gasteiger partial charge < -0.3 is 16.2 Å². The maximum atomic E-state index is 9.16. The lowest BCUT2D eigenvalue weighted by Crippen LogP contribution is -2.30. The molecule has 0 bridgehead atoms. The van der Waals surface area contributed by atoms with Crippen molar-refractivity contribution in [3.63, 3.8) is 0 Å². The predicted octanol–water partition coefficient (Wildman–Crippen LogP) is 1.86. The first-order valence-corrected chi connectivity index (χ1v) is 5.62. The van der Waals surface area contributed by atoms with Gasteiger partial charge in [0.1, 0.15) is 5.82 Å². The zero-order valence-electron chi connectivity index (χ0n) is 8.87. The van der Waals surface area contributed by atoms with Crippen LogP contribution in [0.5, 0.6) is 0 Å². The number of nitrogens with two attached hydrogens (primary N) is 1. The van der Waals surface area contributed by atoms with Gasteiger partial charge in [-0.1, -0.05) is 13.8 Å². The quantitative estimate of drug-likeness (QED) is 0.783. The van der Waals surface area contributed by atoms with Crippen molar-refractivity contribution in [2.45, 2.75) is 19.9 Å². The van der Waals surface area contributed by atoms with E-state index in [0.29, 0.717) is 17.4 Å². The minimum Gasteiger partial charge on any atom is -0.396 e. The van der Waals surface area contributed by atoms with E-state index in [1.54, 1.807) is 12.3 Å². The molecule has 1 atom stereocenters. The predicted molar refractivity (Wildman–Crippen MR) is 65.7 cm³/mol. The highest BCUT2D eigenvalue weighted by Gasteiger charge is 2.13. The third-order valence-electron chi connectivity index (χ3n) is 2.21. The van der Waals surface area contributed by atoms with E-state index >= 15 is 0 Å². The van der Waals surface area contributed by atoms with Crippen LogP contribution in [-0.2, 0) is 0 Å². The molecule has 1 rings (SSSR count). The molecule has 15 heavy (non-hydrogen) atoms. The van der Waals surface area contributed by atoms with Crippen LogP contribution < -0.4 is 11.1 Å². The zero-order valence-corrected chi connectivity index (χ0v) is 10.5. The van der Waals surface area contributed by atoms with Gasteiger partial charge in [-0.05, 0) is 27.9 Å². The Morgan fingerprint density at radius 2 is 2.27 bits per heavy atom. The molecule has 4 N–H and O–H groups in total. The summed E-state index contributed by atoms with van der Waals surface area (Å²) in [5, 5.41) is 12.3. The molecule has 0 aliphatic rings. The number of aliphatic hydroxyl groups excluding tert-OH is 1. The van der Waals surface area contributed by atoms with Crippen LogP contribution in [0.3, 0.4) is 0 Å². The first kappa shape index (κ1) is 12.3. The lowest BCUT2D eigenvalue weighted by atomic mass is 10.1. The summed E-state index contributed by atoms with van der Waals surface area (Å²) in [6.07, 6.45) is 1.67. The summed E-state index contributed by atoms with van der Waals surface area (Å²) in [7, 11) is 0. The van der Waals surface area contributed by atoms with E-state index < -0.39 is 0 Å². The summed E-state index contributed by atoms with van der Waals surface area (Å²) in [6.45, 7) is 4.13. The van der Waals surface area contributed by atoms with Crippen molar-refractivity contribution < 1.29 is 5.11 Å². The molecule has 0 radical (unpaired) electrons. The van der Waals surface area contributed by atoms with Crippen LogP contribution in [0.4, 0.5) is 11.5 Å². The molecule has 0 spiro atoms. The van der Waals surface area contributed by atoms with Crippen molar-refractivity contribution in [2.24, 2.45) is 5.92 Å². The molecule has 4 nitrogen and oxygen atoms in total. The highest BCUT2D eigenvalue weighted by atomic mass is 79.9. The number of nitrogens with zero attached hydrogens (tertiary/aromatic N) is 1. The number of aliphatic hydroxyl groups is 1. The Balaban J connectivity index is 2.79. The van der Waals surface area contributed by atoms with Gasteiger partial charge >= 0.3 is 0 Å². The molecule has 0 saturated carbocycles. The number of hydrogen-bond acceptors (Lipinski definition) is 4. The Bertz CT molecular complexity index is 330. The lowest BCUT2D eigenvalue weighted by Gasteiger charge is -2.21. The maximum absolute atomic E-state index is 9.16. The molecule has 0 fully saturated rings. The fraction of sp³-hybridized carbons (Fsp3) is 0.500. The van der Waals surface area contributed by atoms with Gasteiger partial charge in [-0.3, -0.25) is 0 Å². The van der Waals surface area contributed by atoms with Gasteiger partial charge in [-0.2, -0.15) is 0 Å². The van der Waals surface area contributed by atoms with Crippen LogP contribution in [0.25, 0.3) is 0 Å². The average Bonchev–Trinajstić information content (AvgIpc) is 2.16. The number of halogens is 1. The summed E-state index contributed by atoms with van der Waals surface area (Å²) in [5.41, 5.74) is 6.36. The number of nitrogen functional groups attached to an aromatic ring is 1. The number of anilines is 2. The topological polar surface area (TPSA) is 71.2 Å². The highest BCUT2D eigenvalue weighted by Crippen LogP contribution is 2.21. The Hall–Kier alpha value is -0.810. The van der Waals surface area contributed by atoms with E-state index in [4.69, 9.17) is 10.8 Å². The Morgan fingerprint density at radius 3 is 2.73 bits per heavy atom. The van der Waals surface area contributed by atoms with Crippen LogP contribution in [0.1, 0.15) is 13.8 Å². The molecule has 0 aromatic carbocycles. The van der Waals surface area contributed by atoms with Crippen molar-refractivity contribution >= 4 is 27.4 Å². The van der Waals surface area contributed by atoms with E-state index in [-0.39, 0.29) is 12.6 Å². The number of aromatic nitrogens is 1. The normalized spacial score (nSPS) is 12.9. The van der Waals surface area contributed by atoms with Gasteiger partial charge in [0.15, 0.2) is 0 Å². The van der Waals surface area contributed by atoms with Crippen LogP contribution in [0.15, 0.2) is 16.7 Å². The number of hydrogen-bond donors (Lipinski definition) is 3. The molecule has 1 aromatic rings. The fourth-order valence-corrected chi connectivity index (χ4v) is 1.52. The number of rotatable bonds is 4. The summed E-state index contributed by atoms with van der Waals surface area (Å²) in [5.74, 6) is 0.936. The second kappa shape index (κ2) is 5.32. The molecule has 0 aliphatic carbocycles. The van der Waals surface area contributed by atoms with Crippen LogP contribution in [0.2, 0.25) is 0 Å². The van der Waals surface area contributed by atoms with Crippen molar-refractivity contribution in [2.75, 3.05) is 17.7 Å². The molecule has 5 heteroatoms. The molecule has 1 aromatic heterocycles. The van der Waals surface area contributed by atoms with Crippen LogP contribution in [-0.4, -0.2) is 22.7 Å². The molecule has 0 amide bonds. The Kier molecular flexibility index (Phi) is 4.35. The van der Waals surface area contributed by atoms with E-state index in [1.807, 2.05) is 13.8 Å². The molecule has 1 heterocycles. The first-order valence-electron chi connectivity index (χ1n) is 4.83. The van der Waals surface area contributed by atoms with Gasteiger partial charge in [0.2, 0.25) is 0 Å². The van der Waals surface area contributed by atoms with E-state index in [9.17, 15) is 0 Å². The van der Waals surface area contributed by atoms with E-state index in [0.717, 1.165) is 4.47 Å². The highest BCUT2D eigenvalue weighted by molar-refractivity contribution is 9.10. The number of pyridine rings is 1. The van der Waals surface area contributed by atoms with Gasteiger partial charge in [0.25, 0.3) is 0 Å². The molecule has 0 aliphatic heterocycles.